The van der Waals surface area contributed by atoms with E-state index in [-0.39, 0.29) is 0 Å². The molecule has 0 saturated heterocycles. The molecular formula is C9H13BrN2S. The SMILES string of the molecule is BrCC1(CSc2ncc[nH]2)CCC1. The van der Waals surface area contributed by atoms with Crippen molar-refractivity contribution in [3.05, 3.63) is 12.4 Å². The smallest absolute Gasteiger partial charge is 0.165 e. The molecule has 0 unspecified atom stereocenters. The van der Waals surface area contributed by atoms with Gasteiger partial charge in [0.25, 0.3) is 0 Å². The lowest BCUT2D eigenvalue weighted by atomic mass is 9.72. The molecule has 0 aliphatic heterocycles. The largest absolute Gasteiger partial charge is 0.340 e. The quantitative estimate of drug-likeness (QED) is 0.666. The number of nitrogens with zero attached hydrogens (tertiary/aromatic N) is 1. The lowest BCUT2D eigenvalue weighted by Crippen LogP contribution is -2.33. The standard InChI is InChI=1S/C9H13BrN2S/c10-6-9(2-1-3-9)7-13-8-11-4-5-12-8/h4-5H,1-3,6-7H2,(H,11,12). The molecule has 2 nitrogen and oxygen atoms in total. The Labute approximate surface area is 91.0 Å². The number of halogens is 1. The Morgan fingerprint density at radius 3 is 2.92 bits per heavy atom. The van der Waals surface area contributed by atoms with Crippen LogP contribution in [0.3, 0.4) is 0 Å². The van der Waals surface area contributed by atoms with Gasteiger partial charge in [-0.1, -0.05) is 34.1 Å². The van der Waals surface area contributed by atoms with E-state index in [4.69, 9.17) is 0 Å². The number of alkyl halides is 1. The van der Waals surface area contributed by atoms with Crippen LogP contribution in [0.4, 0.5) is 0 Å². The van der Waals surface area contributed by atoms with Gasteiger partial charge in [0, 0.05) is 23.5 Å². The van der Waals surface area contributed by atoms with Crippen molar-refractivity contribution in [3.8, 4) is 0 Å². The molecule has 1 aliphatic rings. The van der Waals surface area contributed by atoms with E-state index in [0.717, 1.165) is 10.5 Å². The molecule has 0 spiro atoms. The lowest BCUT2D eigenvalue weighted by Gasteiger charge is -2.40. The third-order valence-electron chi connectivity index (χ3n) is 2.69. The van der Waals surface area contributed by atoms with Gasteiger partial charge in [0.1, 0.15) is 0 Å². The Morgan fingerprint density at radius 1 is 1.62 bits per heavy atom. The summed E-state index contributed by atoms with van der Waals surface area (Å²) in [5.41, 5.74) is 0.553. The molecule has 1 aliphatic carbocycles. The Hall–Kier alpha value is 0.0400. The second kappa shape index (κ2) is 4.05. The average molecular weight is 261 g/mol. The summed E-state index contributed by atoms with van der Waals surface area (Å²) < 4.78 is 0. The molecule has 13 heavy (non-hydrogen) atoms. The number of imidazole rings is 1. The van der Waals surface area contributed by atoms with Gasteiger partial charge >= 0.3 is 0 Å². The molecule has 0 atom stereocenters. The van der Waals surface area contributed by atoms with Crippen molar-refractivity contribution in [2.24, 2.45) is 5.41 Å². The molecule has 4 heteroatoms. The Balaban J connectivity index is 1.84. The minimum Gasteiger partial charge on any atom is -0.340 e. The fourth-order valence-electron chi connectivity index (χ4n) is 1.54. The maximum absolute atomic E-state index is 4.20. The van der Waals surface area contributed by atoms with Gasteiger partial charge in [0.05, 0.1) is 0 Å². The van der Waals surface area contributed by atoms with Gasteiger partial charge < -0.3 is 4.98 Å². The highest BCUT2D eigenvalue weighted by Gasteiger charge is 2.35. The van der Waals surface area contributed by atoms with E-state index in [0.29, 0.717) is 5.41 Å². The van der Waals surface area contributed by atoms with Crippen molar-refractivity contribution < 1.29 is 0 Å². The maximum atomic E-state index is 4.20. The Morgan fingerprint density at radius 2 is 2.46 bits per heavy atom. The maximum Gasteiger partial charge on any atom is 0.165 e. The van der Waals surface area contributed by atoms with Gasteiger partial charge in [0.2, 0.25) is 0 Å². The van der Waals surface area contributed by atoms with Crippen LogP contribution in [0.1, 0.15) is 19.3 Å². The Kier molecular flexibility index (Phi) is 2.99. The predicted octanol–water partition coefficient (Wildman–Crippen LogP) is 3.07. The van der Waals surface area contributed by atoms with Crippen LogP contribution < -0.4 is 0 Å². The van der Waals surface area contributed by atoms with Crippen LogP contribution in [0, 0.1) is 5.41 Å². The van der Waals surface area contributed by atoms with Crippen LogP contribution in [0.2, 0.25) is 0 Å². The molecule has 72 valence electrons. The summed E-state index contributed by atoms with van der Waals surface area (Å²) in [5.74, 6) is 1.19. The van der Waals surface area contributed by atoms with E-state index < -0.39 is 0 Å². The number of aromatic nitrogens is 2. The van der Waals surface area contributed by atoms with Crippen molar-refractivity contribution >= 4 is 27.7 Å². The highest BCUT2D eigenvalue weighted by molar-refractivity contribution is 9.09. The zero-order valence-electron chi connectivity index (χ0n) is 7.42. The van der Waals surface area contributed by atoms with Crippen molar-refractivity contribution in [3.63, 3.8) is 0 Å². The number of rotatable bonds is 4. The first-order valence-electron chi connectivity index (χ1n) is 4.53. The van der Waals surface area contributed by atoms with Crippen LogP contribution in [-0.2, 0) is 0 Å². The van der Waals surface area contributed by atoms with Crippen molar-refractivity contribution in [1.82, 2.24) is 9.97 Å². The molecule has 1 N–H and O–H groups in total. The first-order chi connectivity index (χ1) is 6.35. The second-order valence-electron chi connectivity index (χ2n) is 3.67. The monoisotopic (exact) mass is 260 g/mol. The average Bonchev–Trinajstić information content (AvgIpc) is 2.56. The Bertz CT molecular complexity index is 251. The summed E-state index contributed by atoms with van der Waals surface area (Å²) in [6, 6.07) is 0. The predicted molar refractivity (Wildman–Crippen MR) is 59.4 cm³/mol. The zero-order chi connectivity index (χ0) is 9.15. The number of hydrogen-bond acceptors (Lipinski definition) is 2. The van der Waals surface area contributed by atoms with Gasteiger partial charge in [-0.15, -0.1) is 0 Å². The normalized spacial score (nSPS) is 19.8. The van der Waals surface area contributed by atoms with E-state index in [1.54, 1.807) is 0 Å². The molecule has 2 rings (SSSR count). The summed E-state index contributed by atoms with van der Waals surface area (Å²) in [4.78, 5) is 7.32. The highest BCUT2D eigenvalue weighted by atomic mass is 79.9. The van der Waals surface area contributed by atoms with Crippen LogP contribution in [-0.4, -0.2) is 21.1 Å². The molecule has 0 bridgehead atoms. The van der Waals surface area contributed by atoms with Crippen LogP contribution in [0.15, 0.2) is 17.6 Å². The summed E-state index contributed by atoms with van der Waals surface area (Å²) in [6.07, 6.45) is 7.82. The first-order valence-corrected chi connectivity index (χ1v) is 6.64. The second-order valence-corrected chi connectivity index (χ2v) is 5.19. The molecule has 0 aromatic carbocycles. The fraction of sp³-hybridized carbons (Fsp3) is 0.667. The van der Waals surface area contributed by atoms with Crippen LogP contribution in [0.5, 0.6) is 0 Å². The third kappa shape index (κ3) is 2.10. The first kappa shape index (κ1) is 9.59. The summed E-state index contributed by atoms with van der Waals surface area (Å²) in [5, 5.41) is 2.18. The highest BCUT2D eigenvalue weighted by Crippen LogP contribution is 2.45. The van der Waals surface area contributed by atoms with E-state index in [2.05, 4.69) is 25.9 Å². The van der Waals surface area contributed by atoms with E-state index in [9.17, 15) is 0 Å². The molecule has 1 heterocycles. The van der Waals surface area contributed by atoms with Crippen molar-refractivity contribution in [1.29, 1.82) is 0 Å². The van der Waals surface area contributed by atoms with Crippen molar-refractivity contribution in [2.75, 3.05) is 11.1 Å². The van der Waals surface area contributed by atoms with Gasteiger partial charge in [-0.25, -0.2) is 4.98 Å². The fourth-order valence-corrected chi connectivity index (χ4v) is 3.69. The minimum atomic E-state index is 0.553. The molecule has 0 amide bonds. The number of aromatic amines is 1. The number of H-pyrrole nitrogens is 1. The topological polar surface area (TPSA) is 28.7 Å². The van der Waals surface area contributed by atoms with Gasteiger partial charge in [-0.2, -0.15) is 0 Å². The number of nitrogens with one attached hydrogen (secondary N) is 1. The van der Waals surface area contributed by atoms with Gasteiger partial charge in [0.15, 0.2) is 5.16 Å². The molecule has 1 aromatic rings. The molecule has 1 fully saturated rings. The molecule has 0 radical (unpaired) electrons. The summed E-state index contributed by atoms with van der Waals surface area (Å²) in [7, 11) is 0. The van der Waals surface area contributed by atoms with Crippen LogP contribution >= 0.6 is 27.7 Å². The zero-order valence-corrected chi connectivity index (χ0v) is 9.83. The van der Waals surface area contributed by atoms with E-state index in [1.807, 2.05) is 24.2 Å². The van der Waals surface area contributed by atoms with E-state index >= 15 is 0 Å². The van der Waals surface area contributed by atoms with Crippen LogP contribution in [0.25, 0.3) is 0 Å². The summed E-state index contributed by atoms with van der Waals surface area (Å²) >= 11 is 5.44. The van der Waals surface area contributed by atoms with E-state index in [1.165, 1.54) is 25.0 Å². The molecule has 1 saturated carbocycles. The van der Waals surface area contributed by atoms with Gasteiger partial charge in [-0.05, 0) is 18.3 Å². The number of thioether (sulfide) groups is 1. The summed E-state index contributed by atoms with van der Waals surface area (Å²) in [6.45, 7) is 0. The lowest BCUT2D eigenvalue weighted by molar-refractivity contribution is 0.206. The number of hydrogen-bond donors (Lipinski definition) is 1. The third-order valence-corrected chi connectivity index (χ3v) is 5.13. The molecular weight excluding hydrogens is 248 g/mol. The van der Waals surface area contributed by atoms with Crippen molar-refractivity contribution in [2.45, 2.75) is 24.4 Å². The molecule has 1 aromatic heterocycles. The van der Waals surface area contributed by atoms with Gasteiger partial charge in [-0.3, -0.25) is 0 Å². The minimum absolute atomic E-state index is 0.553.